The summed E-state index contributed by atoms with van der Waals surface area (Å²) in [6, 6.07) is 0. The van der Waals surface area contributed by atoms with Crippen molar-refractivity contribution >= 4 is 22.8 Å². The third kappa shape index (κ3) is 1.84. The van der Waals surface area contributed by atoms with E-state index in [1.165, 1.54) is 11.1 Å². The summed E-state index contributed by atoms with van der Waals surface area (Å²) in [5.41, 5.74) is 1.37. The second-order valence-electron chi connectivity index (χ2n) is 5.59. The molecule has 2 aromatic rings. The Hall–Kier alpha value is -2.28. The van der Waals surface area contributed by atoms with Gasteiger partial charge in [-0.3, -0.25) is 19.6 Å². The van der Waals surface area contributed by atoms with Crippen LogP contribution in [0.4, 0.5) is 0 Å². The van der Waals surface area contributed by atoms with Crippen LogP contribution < -0.4 is 5.32 Å². The van der Waals surface area contributed by atoms with E-state index in [0.717, 1.165) is 25.9 Å². The lowest BCUT2D eigenvalue weighted by Crippen LogP contribution is -2.38. The number of piperidine rings is 1. The van der Waals surface area contributed by atoms with Gasteiger partial charge in [-0.15, -0.1) is 0 Å². The van der Waals surface area contributed by atoms with E-state index in [9.17, 15) is 9.59 Å². The Balaban J connectivity index is 1.69. The van der Waals surface area contributed by atoms with Crippen molar-refractivity contribution < 1.29 is 9.59 Å². The van der Waals surface area contributed by atoms with Crippen LogP contribution in [0.1, 0.15) is 33.6 Å². The summed E-state index contributed by atoms with van der Waals surface area (Å²) in [5, 5.41) is 10.5. The minimum absolute atomic E-state index is 0.220. The van der Waals surface area contributed by atoms with Gasteiger partial charge >= 0.3 is 0 Å². The van der Waals surface area contributed by atoms with E-state index in [-0.39, 0.29) is 11.8 Å². The quantitative estimate of drug-likeness (QED) is 0.786. The van der Waals surface area contributed by atoms with Crippen LogP contribution in [0, 0.1) is 5.92 Å². The van der Waals surface area contributed by atoms with Crippen LogP contribution >= 0.6 is 0 Å². The first kappa shape index (κ1) is 12.5. The van der Waals surface area contributed by atoms with Crippen LogP contribution in [0.3, 0.4) is 0 Å². The monoisotopic (exact) mass is 285 g/mol. The van der Waals surface area contributed by atoms with Gasteiger partial charge in [-0.2, -0.15) is 5.10 Å². The predicted octanol–water partition coefficient (Wildman–Crippen LogP) is 0.553. The van der Waals surface area contributed by atoms with E-state index < -0.39 is 0 Å². The lowest BCUT2D eigenvalue weighted by Gasteiger charge is -2.26. The lowest BCUT2D eigenvalue weighted by molar-refractivity contribution is 0.0619. The van der Waals surface area contributed by atoms with Crippen LogP contribution in [0.5, 0.6) is 0 Å². The Morgan fingerprint density at radius 3 is 2.81 bits per heavy atom. The highest BCUT2D eigenvalue weighted by Gasteiger charge is 2.38. The molecule has 0 aliphatic carbocycles. The van der Waals surface area contributed by atoms with Crippen molar-refractivity contribution in [2.45, 2.75) is 12.8 Å². The van der Waals surface area contributed by atoms with E-state index in [1.807, 2.05) is 0 Å². The first-order valence-corrected chi connectivity index (χ1v) is 7.14. The molecule has 2 N–H and O–H groups in total. The maximum atomic E-state index is 12.6. The molecule has 0 unspecified atom stereocenters. The first-order valence-electron chi connectivity index (χ1n) is 7.14. The molecule has 2 aromatic heterocycles. The molecule has 2 amide bonds. The summed E-state index contributed by atoms with van der Waals surface area (Å²) in [7, 11) is 0. The summed E-state index contributed by atoms with van der Waals surface area (Å²) >= 11 is 0. The van der Waals surface area contributed by atoms with Gasteiger partial charge in [0.05, 0.1) is 22.7 Å². The highest BCUT2D eigenvalue weighted by molar-refractivity contribution is 6.25. The van der Waals surface area contributed by atoms with E-state index >= 15 is 0 Å². The van der Waals surface area contributed by atoms with Gasteiger partial charge in [0.25, 0.3) is 11.8 Å². The van der Waals surface area contributed by atoms with Gasteiger partial charge in [0.2, 0.25) is 0 Å². The summed E-state index contributed by atoms with van der Waals surface area (Å²) in [5.74, 6) is -0.0762. The molecule has 108 valence electrons. The largest absolute Gasteiger partial charge is 0.317 e. The highest BCUT2D eigenvalue weighted by Crippen LogP contribution is 2.29. The second-order valence-corrected chi connectivity index (χ2v) is 5.59. The zero-order valence-electron chi connectivity index (χ0n) is 11.4. The number of fused-ring (bicyclic) bond motifs is 3. The molecule has 4 heterocycles. The number of nitrogens with zero attached hydrogens (tertiary/aromatic N) is 3. The normalized spacial score (nSPS) is 19.5. The van der Waals surface area contributed by atoms with Crippen LogP contribution in [0.15, 0.2) is 12.4 Å². The summed E-state index contributed by atoms with van der Waals surface area (Å²) < 4.78 is 0. The Labute approximate surface area is 120 Å². The Morgan fingerprint density at radius 2 is 2.00 bits per heavy atom. The SMILES string of the molecule is O=C1c2cnc3[nH]ncc3c2C(=O)N1CC1CCNCC1. The molecule has 0 spiro atoms. The zero-order valence-corrected chi connectivity index (χ0v) is 11.4. The summed E-state index contributed by atoms with van der Waals surface area (Å²) in [6.07, 6.45) is 5.01. The molecule has 21 heavy (non-hydrogen) atoms. The molecule has 4 rings (SSSR count). The minimum atomic E-state index is -0.232. The third-order valence-electron chi connectivity index (χ3n) is 4.31. The molecule has 1 fully saturated rings. The van der Waals surface area contributed by atoms with Gasteiger partial charge in [-0.1, -0.05) is 0 Å². The molecule has 0 atom stereocenters. The molecule has 7 nitrogen and oxygen atoms in total. The van der Waals surface area contributed by atoms with E-state index in [4.69, 9.17) is 0 Å². The van der Waals surface area contributed by atoms with Gasteiger partial charge in [0, 0.05) is 12.7 Å². The fraction of sp³-hybridized carbons (Fsp3) is 0.429. The van der Waals surface area contributed by atoms with Gasteiger partial charge in [0.1, 0.15) is 0 Å². The van der Waals surface area contributed by atoms with Crippen molar-refractivity contribution in [3.8, 4) is 0 Å². The van der Waals surface area contributed by atoms with E-state index in [1.54, 1.807) is 6.20 Å². The van der Waals surface area contributed by atoms with Crippen molar-refractivity contribution in [2.75, 3.05) is 19.6 Å². The zero-order chi connectivity index (χ0) is 14.4. The molecule has 1 saturated heterocycles. The van der Waals surface area contributed by atoms with Crippen LogP contribution in [-0.4, -0.2) is 51.5 Å². The number of hydrogen-bond acceptors (Lipinski definition) is 5. The molecular formula is C14H15N5O2. The number of nitrogens with one attached hydrogen (secondary N) is 2. The number of imide groups is 1. The number of rotatable bonds is 2. The average Bonchev–Trinajstić information content (AvgIpc) is 3.07. The van der Waals surface area contributed by atoms with E-state index in [2.05, 4.69) is 20.5 Å². The van der Waals surface area contributed by atoms with Crippen LogP contribution in [0.25, 0.3) is 11.0 Å². The average molecular weight is 285 g/mol. The fourth-order valence-electron chi connectivity index (χ4n) is 3.15. The molecule has 0 saturated carbocycles. The smallest absolute Gasteiger partial charge is 0.263 e. The number of pyridine rings is 1. The molecular weight excluding hydrogens is 270 g/mol. The molecule has 0 radical (unpaired) electrons. The van der Waals surface area contributed by atoms with Gasteiger partial charge in [-0.25, -0.2) is 4.98 Å². The Kier molecular flexibility index (Phi) is 2.75. The minimum Gasteiger partial charge on any atom is -0.317 e. The highest BCUT2D eigenvalue weighted by atomic mass is 16.2. The lowest BCUT2D eigenvalue weighted by atomic mass is 9.97. The van der Waals surface area contributed by atoms with Crippen molar-refractivity contribution in [1.82, 2.24) is 25.4 Å². The van der Waals surface area contributed by atoms with Gasteiger partial charge in [-0.05, 0) is 31.8 Å². The van der Waals surface area contributed by atoms with Gasteiger partial charge in [0.15, 0.2) is 5.65 Å². The maximum absolute atomic E-state index is 12.6. The number of carbonyl (C=O) groups is 2. The van der Waals surface area contributed by atoms with E-state index in [0.29, 0.717) is 34.6 Å². The number of aromatic amines is 1. The number of amides is 2. The molecule has 7 heteroatoms. The standard InChI is InChI=1S/C14H15N5O2/c20-13-10-5-16-12-9(6-17-18-12)11(10)14(21)19(13)7-8-1-3-15-4-2-8/h5-6,8,15H,1-4,7H2,(H,16,17,18). The van der Waals surface area contributed by atoms with Crippen LogP contribution in [0.2, 0.25) is 0 Å². The maximum Gasteiger partial charge on any atom is 0.263 e. The number of hydrogen-bond donors (Lipinski definition) is 2. The molecule has 0 bridgehead atoms. The van der Waals surface area contributed by atoms with Crippen molar-refractivity contribution in [1.29, 1.82) is 0 Å². The summed E-state index contributed by atoms with van der Waals surface area (Å²) in [6.45, 7) is 2.39. The molecule has 0 aromatic carbocycles. The fourth-order valence-corrected chi connectivity index (χ4v) is 3.15. The first-order chi connectivity index (χ1) is 10.3. The summed E-state index contributed by atoms with van der Waals surface area (Å²) in [4.78, 5) is 30.6. The second kappa shape index (κ2) is 4.63. The number of aromatic nitrogens is 3. The van der Waals surface area contributed by atoms with Crippen molar-refractivity contribution in [3.63, 3.8) is 0 Å². The Morgan fingerprint density at radius 1 is 1.19 bits per heavy atom. The Bertz CT molecular complexity index is 732. The molecule has 2 aliphatic rings. The van der Waals surface area contributed by atoms with Crippen molar-refractivity contribution in [3.05, 3.63) is 23.5 Å². The third-order valence-corrected chi connectivity index (χ3v) is 4.31. The van der Waals surface area contributed by atoms with Crippen LogP contribution in [-0.2, 0) is 0 Å². The predicted molar refractivity (Wildman–Crippen MR) is 74.8 cm³/mol. The van der Waals surface area contributed by atoms with Gasteiger partial charge < -0.3 is 5.32 Å². The van der Waals surface area contributed by atoms with Crippen molar-refractivity contribution in [2.24, 2.45) is 5.92 Å². The molecule has 2 aliphatic heterocycles. The topological polar surface area (TPSA) is 91.0 Å². The number of carbonyl (C=O) groups excluding carboxylic acids is 2. The number of H-pyrrole nitrogens is 1.